The summed E-state index contributed by atoms with van der Waals surface area (Å²) in [7, 11) is 0. The molecule has 2 aromatic rings. The summed E-state index contributed by atoms with van der Waals surface area (Å²) in [5, 5.41) is 9.34. The van der Waals surface area contributed by atoms with Crippen molar-refractivity contribution in [3.63, 3.8) is 0 Å². The number of fused-ring (bicyclic) bond motifs is 1. The minimum Gasteiger partial charge on any atom is -0.477 e. The maximum absolute atomic E-state index is 11.8. The Bertz CT molecular complexity index is 619. The van der Waals surface area contributed by atoms with Crippen LogP contribution < -0.4 is 5.43 Å². The summed E-state index contributed by atoms with van der Waals surface area (Å²) in [4.78, 5) is 22.7. The zero-order chi connectivity index (χ0) is 11.7. The second-order valence-corrected chi connectivity index (χ2v) is 3.41. The van der Waals surface area contributed by atoms with Gasteiger partial charge in [-0.15, -0.1) is 0 Å². The number of hydrogen-bond donors (Lipinski definition) is 1. The van der Waals surface area contributed by atoms with E-state index >= 15 is 0 Å². The average Bonchev–Trinajstić information content (AvgIpc) is 2.29. The summed E-state index contributed by atoms with van der Waals surface area (Å²) >= 11 is 0. The molecule has 0 atom stereocenters. The van der Waals surface area contributed by atoms with E-state index in [1.54, 1.807) is 22.8 Å². The molecule has 0 saturated carbocycles. The number of carbonyl (C=O) groups is 1. The molecule has 0 aliphatic carbocycles. The molecule has 1 heterocycles. The van der Waals surface area contributed by atoms with Gasteiger partial charge in [0.15, 0.2) is 5.43 Å². The van der Waals surface area contributed by atoms with E-state index in [4.69, 9.17) is 5.11 Å². The first-order valence-electron chi connectivity index (χ1n) is 4.91. The van der Waals surface area contributed by atoms with Gasteiger partial charge in [0.25, 0.3) is 0 Å². The fourth-order valence-electron chi connectivity index (χ4n) is 1.69. The van der Waals surface area contributed by atoms with Crippen LogP contribution in [0, 0.1) is 6.07 Å². The van der Waals surface area contributed by atoms with Crippen LogP contribution >= 0.6 is 0 Å². The Kier molecular flexibility index (Phi) is 4.60. The van der Waals surface area contributed by atoms with Crippen LogP contribution in [0.25, 0.3) is 10.9 Å². The number of carboxylic acid groups (broad SMARTS) is 1. The summed E-state index contributed by atoms with van der Waals surface area (Å²) in [6.45, 7) is 2.50. The van der Waals surface area contributed by atoms with E-state index in [0.29, 0.717) is 17.4 Å². The van der Waals surface area contributed by atoms with Gasteiger partial charge in [0.2, 0.25) is 0 Å². The summed E-state index contributed by atoms with van der Waals surface area (Å²) in [5.74, 6) is -1.19. The number of carboxylic acids is 1. The Morgan fingerprint density at radius 1 is 1.53 bits per heavy atom. The van der Waals surface area contributed by atoms with Gasteiger partial charge in [0.1, 0.15) is 5.56 Å². The maximum atomic E-state index is 11.8. The first-order chi connectivity index (χ1) is 7.65. The van der Waals surface area contributed by atoms with Gasteiger partial charge in [-0.1, -0.05) is 10.9 Å². The fourth-order valence-corrected chi connectivity index (χ4v) is 1.69. The molecule has 17 heavy (non-hydrogen) atoms. The van der Waals surface area contributed by atoms with Crippen LogP contribution in [0.4, 0.5) is 0 Å². The predicted molar refractivity (Wildman–Crippen MR) is 59.7 cm³/mol. The molecular weight excluding hydrogens is 295 g/mol. The van der Waals surface area contributed by atoms with Crippen molar-refractivity contribution in [3.8, 4) is 0 Å². The van der Waals surface area contributed by atoms with E-state index in [1.165, 1.54) is 6.20 Å². The van der Waals surface area contributed by atoms with Gasteiger partial charge in [-0.2, -0.15) is 24.3 Å². The van der Waals surface area contributed by atoms with E-state index in [1.807, 2.05) is 6.92 Å². The molecule has 0 spiro atoms. The third-order valence-corrected chi connectivity index (χ3v) is 2.50. The molecule has 0 bridgehead atoms. The minimum absolute atomic E-state index is 0. The number of aryl methyl sites for hydroxylation is 1. The first-order valence-corrected chi connectivity index (χ1v) is 4.91. The Labute approximate surface area is 123 Å². The SMILES string of the molecule is CCn1cc(C(=O)O)c(=O)c2cc[c-]cc21.[Y+3]. The number of aromatic carboxylic acids is 1. The van der Waals surface area contributed by atoms with Crippen molar-refractivity contribution < 1.29 is 42.6 Å². The Morgan fingerprint density at radius 3 is 2.82 bits per heavy atom. The van der Waals surface area contributed by atoms with Gasteiger partial charge in [-0.25, -0.2) is 4.79 Å². The van der Waals surface area contributed by atoms with E-state index in [0.717, 1.165) is 0 Å². The standard InChI is InChI=1S/C12H10NO3.Y/c1-2-13-7-9(12(15)16)11(14)8-5-3-4-6-10(8)13;/h3,5-7H,2H2,1H3,(H,15,16);/q-1;+3. The maximum Gasteiger partial charge on any atom is 3.00 e. The zero-order valence-corrected chi connectivity index (χ0v) is 12.1. The smallest absolute Gasteiger partial charge is 0.477 e. The summed E-state index contributed by atoms with van der Waals surface area (Å²) in [5.41, 5.74) is 0.0711. The van der Waals surface area contributed by atoms with Crippen molar-refractivity contribution >= 4 is 16.9 Å². The molecule has 1 aromatic heterocycles. The topological polar surface area (TPSA) is 59.3 Å². The Morgan fingerprint density at radius 2 is 2.24 bits per heavy atom. The molecule has 0 fully saturated rings. The van der Waals surface area contributed by atoms with Crippen LogP contribution in [-0.4, -0.2) is 15.6 Å². The Balaban J connectivity index is 0.00000144. The second-order valence-electron chi connectivity index (χ2n) is 3.41. The van der Waals surface area contributed by atoms with Crippen molar-refractivity contribution in [1.82, 2.24) is 4.57 Å². The van der Waals surface area contributed by atoms with Gasteiger partial charge in [-0.3, -0.25) is 4.79 Å². The number of pyridine rings is 1. The fraction of sp³-hybridized carbons (Fsp3) is 0.167. The van der Waals surface area contributed by atoms with Crippen molar-refractivity contribution in [2.24, 2.45) is 0 Å². The second kappa shape index (κ2) is 5.56. The van der Waals surface area contributed by atoms with Gasteiger partial charge < -0.3 is 9.67 Å². The number of nitrogens with zero attached hydrogens (tertiary/aromatic N) is 1. The van der Waals surface area contributed by atoms with Gasteiger partial charge >= 0.3 is 38.7 Å². The quantitative estimate of drug-likeness (QED) is 0.856. The van der Waals surface area contributed by atoms with Crippen molar-refractivity contribution in [1.29, 1.82) is 0 Å². The molecular formula is C12H10NO3Y+2. The summed E-state index contributed by atoms with van der Waals surface area (Å²) in [6.07, 6.45) is 1.38. The normalized spacial score (nSPS) is 9.94. The largest absolute Gasteiger partial charge is 3.00 e. The van der Waals surface area contributed by atoms with Crippen LogP contribution in [-0.2, 0) is 39.3 Å². The molecule has 2 rings (SSSR count). The molecule has 0 unspecified atom stereocenters. The van der Waals surface area contributed by atoms with Gasteiger partial charge in [0.05, 0.1) is 0 Å². The molecule has 0 amide bonds. The molecule has 5 heteroatoms. The van der Waals surface area contributed by atoms with Crippen LogP contribution in [0.2, 0.25) is 0 Å². The van der Waals surface area contributed by atoms with Gasteiger partial charge in [-0.05, 0) is 6.92 Å². The molecule has 82 valence electrons. The number of hydrogen-bond acceptors (Lipinski definition) is 2. The average molecular weight is 305 g/mol. The van der Waals surface area contributed by atoms with E-state index in [-0.39, 0.29) is 38.3 Å². The zero-order valence-electron chi connectivity index (χ0n) is 9.30. The summed E-state index contributed by atoms with van der Waals surface area (Å²) < 4.78 is 1.73. The number of benzene rings is 1. The van der Waals surface area contributed by atoms with Crippen LogP contribution in [0.5, 0.6) is 0 Å². The number of rotatable bonds is 2. The van der Waals surface area contributed by atoms with Crippen LogP contribution in [0.1, 0.15) is 17.3 Å². The molecule has 1 N–H and O–H groups in total. The predicted octanol–water partition coefficient (Wildman–Crippen LogP) is 1.52. The molecule has 0 saturated heterocycles. The summed E-state index contributed by atoms with van der Waals surface area (Å²) in [6, 6.07) is 7.77. The van der Waals surface area contributed by atoms with Crippen LogP contribution in [0.3, 0.4) is 0 Å². The van der Waals surface area contributed by atoms with Crippen molar-refractivity contribution in [2.45, 2.75) is 13.5 Å². The third-order valence-electron chi connectivity index (χ3n) is 2.50. The minimum atomic E-state index is -1.19. The molecule has 4 nitrogen and oxygen atoms in total. The number of aromatic nitrogens is 1. The monoisotopic (exact) mass is 305 g/mol. The molecule has 0 aliphatic rings. The first kappa shape index (κ1) is 14.1. The van der Waals surface area contributed by atoms with E-state index < -0.39 is 11.4 Å². The molecule has 0 radical (unpaired) electrons. The van der Waals surface area contributed by atoms with Crippen LogP contribution in [0.15, 0.2) is 29.2 Å². The Hall–Kier alpha value is -0.996. The van der Waals surface area contributed by atoms with Gasteiger partial charge in [0, 0.05) is 12.7 Å². The van der Waals surface area contributed by atoms with E-state index in [2.05, 4.69) is 6.07 Å². The molecule has 0 aliphatic heterocycles. The van der Waals surface area contributed by atoms with Crippen molar-refractivity contribution in [2.75, 3.05) is 0 Å². The van der Waals surface area contributed by atoms with E-state index in [9.17, 15) is 9.59 Å². The third kappa shape index (κ3) is 2.48. The van der Waals surface area contributed by atoms with Crippen molar-refractivity contribution in [3.05, 3.63) is 46.2 Å². The molecule has 1 aromatic carbocycles.